The molecule has 0 unspecified atom stereocenters. The smallest absolute Gasteiger partial charge is 0.339 e. The van der Waals surface area contributed by atoms with E-state index in [1.807, 2.05) is 30.3 Å². The number of amides is 1. The highest BCUT2D eigenvalue weighted by Gasteiger charge is 2.16. The van der Waals surface area contributed by atoms with Crippen molar-refractivity contribution in [1.29, 1.82) is 0 Å². The third-order valence-corrected chi connectivity index (χ3v) is 3.97. The van der Waals surface area contributed by atoms with Crippen molar-refractivity contribution in [1.82, 2.24) is 5.16 Å². The van der Waals surface area contributed by atoms with Gasteiger partial charge in [-0.25, -0.2) is 4.79 Å². The van der Waals surface area contributed by atoms with Crippen LogP contribution in [0.5, 0.6) is 0 Å². The fraction of sp³-hybridized carbons (Fsp3) is 0.0952. The number of anilines is 1. The molecule has 0 aliphatic rings. The molecule has 2 aromatic carbocycles. The van der Waals surface area contributed by atoms with Gasteiger partial charge in [0, 0.05) is 11.1 Å². The maximum atomic E-state index is 12.7. The predicted molar refractivity (Wildman–Crippen MR) is 107 cm³/mol. The summed E-state index contributed by atoms with van der Waals surface area (Å²) in [5.41, 5.74) is 1.77. The van der Waals surface area contributed by atoms with E-state index in [1.165, 1.54) is 0 Å². The van der Waals surface area contributed by atoms with Gasteiger partial charge >= 0.3 is 5.97 Å². The molecule has 3 aromatic rings. The van der Waals surface area contributed by atoms with E-state index in [2.05, 4.69) is 10.5 Å². The molecule has 7 heteroatoms. The maximum absolute atomic E-state index is 12.7. The summed E-state index contributed by atoms with van der Waals surface area (Å²) in [4.78, 5) is 24.6. The van der Waals surface area contributed by atoms with Crippen molar-refractivity contribution < 1.29 is 18.8 Å². The highest BCUT2D eigenvalue weighted by atomic mass is 35.5. The zero-order valence-electron chi connectivity index (χ0n) is 15.0. The number of rotatable bonds is 6. The molecule has 0 bridgehead atoms. The van der Waals surface area contributed by atoms with Crippen LogP contribution in [0.2, 0.25) is 5.02 Å². The van der Waals surface area contributed by atoms with Gasteiger partial charge in [-0.2, -0.15) is 0 Å². The van der Waals surface area contributed by atoms with Crippen LogP contribution in [0.3, 0.4) is 0 Å². The molecule has 0 fully saturated rings. The van der Waals surface area contributed by atoms with Crippen molar-refractivity contribution in [3.05, 3.63) is 82.6 Å². The van der Waals surface area contributed by atoms with E-state index in [4.69, 9.17) is 20.9 Å². The molecule has 6 nitrogen and oxygen atoms in total. The minimum Gasteiger partial charge on any atom is -0.452 e. The van der Waals surface area contributed by atoms with Crippen molar-refractivity contribution in [3.63, 3.8) is 0 Å². The zero-order chi connectivity index (χ0) is 19.9. The number of aryl methyl sites for hydroxylation is 1. The van der Waals surface area contributed by atoms with E-state index in [0.717, 1.165) is 5.56 Å². The third-order valence-electron chi connectivity index (χ3n) is 3.72. The van der Waals surface area contributed by atoms with Crippen LogP contribution in [-0.4, -0.2) is 23.6 Å². The summed E-state index contributed by atoms with van der Waals surface area (Å²) in [7, 11) is 0. The second kappa shape index (κ2) is 9.01. The molecule has 28 heavy (non-hydrogen) atoms. The average molecular weight is 397 g/mol. The zero-order valence-corrected chi connectivity index (χ0v) is 15.8. The fourth-order valence-corrected chi connectivity index (χ4v) is 2.54. The number of carbonyl (C=O) groups is 2. The Kier molecular flexibility index (Phi) is 6.24. The fourth-order valence-electron chi connectivity index (χ4n) is 2.42. The SMILES string of the molecule is Cc1cc(NC(=O)COC(=O)C(=Cc2ccccc2)c2ccc(Cl)cc2)no1. The molecular formula is C21H17ClN2O4. The van der Waals surface area contributed by atoms with E-state index in [-0.39, 0.29) is 5.82 Å². The molecule has 3 rings (SSSR count). The molecule has 1 amide bonds. The van der Waals surface area contributed by atoms with E-state index < -0.39 is 18.5 Å². The number of nitrogens with one attached hydrogen (secondary N) is 1. The Morgan fingerprint density at radius 2 is 1.86 bits per heavy atom. The Morgan fingerprint density at radius 3 is 2.50 bits per heavy atom. The lowest BCUT2D eigenvalue weighted by molar-refractivity contribution is -0.141. The summed E-state index contributed by atoms with van der Waals surface area (Å²) in [6.07, 6.45) is 1.70. The molecule has 0 spiro atoms. The summed E-state index contributed by atoms with van der Waals surface area (Å²) in [5.74, 6) is -0.325. The normalized spacial score (nSPS) is 11.1. The maximum Gasteiger partial charge on any atom is 0.339 e. The Labute approximate surface area is 166 Å². The number of ether oxygens (including phenoxy) is 1. The minimum absolute atomic E-state index is 0.260. The second-order valence-electron chi connectivity index (χ2n) is 5.92. The Hall–Kier alpha value is -3.38. The lowest BCUT2D eigenvalue weighted by Crippen LogP contribution is -2.21. The molecular weight excluding hydrogens is 380 g/mol. The minimum atomic E-state index is -0.627. The van der Waals surface area contributed by atoms with Crippen LogP contribution in [0.25, 0.3) is 11.6 Å². The summed E-state index contributed by atoms with van der Waals surface area (Å²) in [5, 5.41) is 6.71. The number of hydrogen-bond acceptors (Lipinski definition) is 5. The van der Waals surface area contributed by atoms with Gasteiger partial charge < -0.3 is 14.6 Å². The van der Waals surface area contributed by atoms with Crippen LogP contribution < -0.4 is 5.32 Å². The third kappa shape index (κ3) is 5.31. The largest absolute Gasteiger partial charge is 0.452 e. The van der Waals surface area contributed by atoms with Gasteiger partial charge in [0.05, 0.1) is 5.57 Å². The van der Waals surface area contributed by atoms with Crippen LogP contribution in [-0.2, 0) is 14.3 Å². The molecule has 0 aliphatic carbocycles. The number of nitrogens with zero attached hydrogens (tertiary/aromatic N) is 1. The topological polar surface area (TPSA) is 81.4 Å². The van der Waals surface area contributed by atoms with Crippen LogP contribution >= 0.6 is 11.6 Å². The second-order valence-corrected chi connectivity index (χ2v) is 6.36. The quantitative estimate of drug-likeness (QED) is 0.380. The lowest BCUT2D eigenvalue weighted by Gasteiger charge is -2.09. The number of carbonyl (C=O) groups excluding carboxylic acids is 2. The first-order chi connectivity index (χ1) is 13.5. The van der Waals surface area contributed by atoms with Gasteiger partial charge in [0.1, 0.15) is 5.76 Å². The molecule has 0 aliphatic heterocycles. The summed E-state index contributed by atoms with van der Waals surface area (Å²) >= 11 is 5.94. The molecule has 142 valence electrons. The standard InChI is InChI=1S/C21H17ClN2O4/c1-14-11-19(24-28-14)23-20(25)13-27-21(26)18(12-15-5-3-2-4-6-15)16-7-9-17(22)10-8-16/h2-12H,13H2,1H3,(H,23,24,25). The molecule has 0 radical (unpaired) electrons. The first kappa shape index (κ1) is 19.4. The van der Waals surface area contributed by atoms with Gasteiger partial charge in [-0.05, 0) is 36.3 Å². The predicted octanol–water partition coefficient (Wildman–Crippen LogP) is 4.36. The van der Waals surface area contributed by atoms with E-state index >= 15 is 0 Å². The van der Waals surface area contributed by atoms with Crippen LogP contribution in [0, 0.1) is 6.92 Å². The molecule has 1 aromatic heterocycles. The number of aromatic nitrogens is 1. The van der Waals surface area contributed by atoms with E-state index in [1.54, 1.807) is 43.3 Å². The van der Waals surface area contributed by atoms with Gasteiger partial charge in [0.25, 0.3) is 5.91 Å². The van der Waals surface area contributed by atoms with E-state index in [9.17, 15) is 9.59 Å². The summed E-state index contributed by atoms with van der Waals surface area (Å²) in [6, 6.07) is 17.7. The number of halogens is 1. The molecule has 0 saturated carbocycles. The first-order valence-corrected chi connectivity index (χ1v) is 8.82. The van der Waals surface area contributed by atoms with Gasteiger partial charge in [0.15, 0.2) is 12.4 Å². The van der Waals surface area contributed by atoms with Crippen molar-refractivity contribution in [2.75, 3.05) is 11.9 Å². The lowest BCUT2D eigenvalue weighted by atomic mass is 10.0. The Bertz CT molecular complexity index is 995. The van der Waals surface area contributed by atoms with Crippen molar-refractivity contribution in [3.8, 4) is 0 Å². The molecule has 0 atom stereocenters. The summed E-state index contributed by atoms with van der Waals surface area (Å²) in [6.45, 7) is 1.25. The average Bonchev–Trinajstić information content (AvgIpc) is 3.10. The monoisotopic (exact) mass is 396 g/mol. The van der Waals surface area contributed by atoms with Gasteiger partial charge in [-0.15, -0.1) is 0 Å². The van der Waals surface area contributed by atoms with Gasteiger partial charge in [-0.3, -0.25) is 4.79 Å². The number of hydrogen-bond donors (Lipinski definition) is 1. The number of benzene rings is 2. The number of esters is 1. The van der Waals surface area contributed by atoms with Crippen molar-refractivity contribution >= 4 is 40.9 Å². The van der Waals surface area contributed by atoms with Crippen molar-refractivity contribution in [2.24, 2.45) is 0 Å². The van der Waals surface area contributed by atoms with E-state index in [0.29, 0.717) is 21.9 Å². The first-order valence-electron chi connectivity index (χ1n) is 8.44. The molecule has 1 heterocycles. The molecule has 1 N–H and O–H groups in total. The van der Waals surface area contributed by atoms with Crippen LogP contribution in [0.15, 0.2) is 65.2 Å². The van der Waals surface area contributed by atoms with Crippen molar-refractivity contribution in [2.45, 2.75) is 6.92 Å². The van der Waals surface area contributed by atoms with Gasteiger partial charge in [0.2, 0.25) is 0 Å². The highest BCUT2D eigenvalue weighted by Crippen LogP contribution is 2.22. The highest BCUT2D eigenvalue weighted by molar-refractivity contribution is 6.30. The summed E-state index contributed by atoms with van der Waals surface area (Å²) < 4.78 is 10.1. The Balaban J connectivity index is 1.74. The Morgan fingerprint density at radius 1 is 1.14 bits per heavy atom. The van der Waals surface area contributed by atoms with Crippen LogP contribution in [0.4, 0.5) is 5.82 Å². The van der Waals surface area contributed by atoms with Crippen LogP contribution in [0.1, 0.15) is 16.9 Å². The molecule has 0 saturated heterocycles. The van der Waals surface area contributed by atoms with Gasteiger partial charge in [-0.1, -0.05) is 59.2 Å².